The third-order valence-electron chi connectivity index (χ3n) is 3.65. The summed E-state index contributed by atoms with van der Waals surface area (Å²) in [5, 5.41) is 0. The molecular weight excluding hydrogens is 352 g/mol. The van der Waals surface area contributed by atoms with Crippen LogP contribution in [0.5, 0.6) is 0 Å². The van der Waals surface area contributed by atoms with E-state index in [2.05, 4.69) is 12.0 Å². The molecule has 7 heteroatoms. The number of nitrogens with one attached hydrogen (secondary N) is 1. The van der Waals surface area contributed by atoms with Crippen molar-refractivity contribution in [1.82, 2.24) is 19.1 Å². The third kappa shape index (κ3) is 2.36. The number of aromatic amines is 1. The Morgan fingerprint density at radius 3 is 2.95 bits per heavy atom. The second kappa shape index (κ2) is 5.86. The molecule has 1 radical (unpaired) electrons. The number of para-hydroxylation sites is 2. The first kappa shape index (κ1) is 14.0. The number of aromatic nitrogens is 4. The van der Waals surface area contributed by atoms with E-state index in [-0.39, 0.29) is 44.9 Å². The molecule has 0 bridgehead atoms. The fourth-order valence-corrected chi connectivity index (χ4v) is 2.59. The molecule has 0 spiro atoms. The van der Waals surface area contributed by atoms with Crippen molar-refractivity contribution in [2.75, 3.05) is 0 Å². The largest absolute Gasteiger partial charge is 0 e. The van der Waals surface area contributed by atoms with E-state index < -0.39 is 0 Å². The van der Waals surface area contributed by atoms with E-state index >= 15 is 0 Å². The van der Waals surface area contributed by atoms with Crippen molar-refractivity contribution in [3.63, 3.8) is 0 Å². The predicted molar refractivity (Wildman–Crippen MR) is 83.5 cm³/mol. The first-order valence-electron chi connectivity index (χ1n) is 7.08. The normalized spacial score (nSPS) is 11.4. The molecule has 1 N–H and O–H groups in total. The predicted octanol–water partition coefficient (Wildman–Crippen LogP) is 1.70. The van der Waals surface area contributed by atoms with Crippen LogP contribution in [-0.2, 0) is 39.3 Å². The van der Waals surface area contributed by atoms with Crippen molar-refractivity contribution in [2.45, 2.75) is 6.54 Å². The van der Waals surface area contributed by atoms with Gasteiger partial charge in [-0.1, -0.05) is 0 Å². The van der Waals surface area contributed by atoms with Gasteiger partial charge in [0.2, 0.25) is 0 Å². The number of imidazole rings is 2. The standard InChI is InChI=1S/C15H12BN4O.Y/c1-19-12-5-3-2-4-10(12)17-14(19)9-20-13-8-16-7-6-11(13)18-15(20)21;/h2-8H,1,9H2,(H,18,21);/q-1;/i/hD. The summed E-state index contributed by atoms with van der Waals surface area (Å²) in [5.41, 5.74) is 2.68. The molecule has 0 aliphatic carbocycles. The molecule has 1 aromatic carbocycles. The Labute approximate surface area is 153 Å². The fourth-order valence-electron chi connectivity index (χ4n) is 2.59. The van der Waals surface area contributed by atoms with Gasteiger partial charge in [-0.15, -0.1) is 0 Å². The Morgan fingerprint density at radius 1 is 1.32 bits per heavy atom. The van der Waals surface area contributed by atoms with E-state index in [1.54, 1.807) is 15.2 Å². The van der Waals surface area contributed by atoms with Crippen molar-refractivity contribution in [1.29, 1.82) is 0 Å². The van der Waals surface area contributed by atoms with Crippen LogP contribution in [0.2, 0.25) is 1.41 Å². The average molecular weight is 365 g/mol. The molecule has 0 aliphatic heterocycles. The molecule has 4 rings (SSSR count). The van der Waals surface area contributed by atoms with E-state index in [1.807, 2.05) is 43.1 Å². The quantitative estimate of drug-likeness (QED) is 0.550. The number of hydrogen-bond acceptors (Lipinski definition) is 2. The number of fused-ring (bicyclic) bond motifs is 2. The molecule has 0 unspecified atom stereocenters. The van der Waals surface area contributed by atoms with Gasteiger partial charge in [-0.3, -0.25) is 0 Å². The SMILES string of the molecule is [2H]n1c(=O)n(Cc2nc3ccccc3n2[CH2-])c2cbccc21.[Y]. The third-order valence-corrected chi connectivity index (χ3v) is 3.65. The van der Waals surface area contributed by atoms with Gasteiger partial charge in [0, 0.05) is 32.7 Å². The summed E-state index contributed by atoms with van der Waals surface area (Å²) in [6, 6.07) is 9.46. The zero-order valence-corrected chi connectivity index (χ0v) is 14.6. The summed E-state index contributed by atoms with van der Waals surface area (Å²) < 4.78 is 11.2. The van der Waals surface area contributed by atoms with Gasteiger partial charge in [-0.05, 0) is 0 Å². The topological polar surface area (TPSA) is 55.6 Å². The maximum atomic E-state index is 12.3. The van der Waals surface area contributed by atoms with Crippen molar-refractivity contribution >= 4 is 29.0 Å². The first-order chi connectivity index (χ1) is 10.7. The maximum Gasteiger partial charge on any atom is 0 e. The van der Waals surface area contributed by atoms with Crippen LogP contribution in [0.3, 0.4) is 0 Å². The van der Waals surface area contributed by atoms with Crippen molar-refractivity contribution in [2.24, 2.45) is 0 Å². The molecule has 105 valence electrons. The number of hydrogen-bond donors (Lipinski definition) is 1. The van der Waals surface area contributed by atoms with Crippen LogP contribution in [0.1, 0.15) is 5.82 Å². The van der Waals surface area contributed by atoms with E-state index in [0.717, 1.165) is 21.5 Å². The smallest absolute Gasteiger partial charge is 0 e. The molecule has 3 heterocycles. The van der Waals surface area contributed by atoms with E-state index in [0.29, 0.717) is 11.3 Å². The van der Waals surface area contributed by atoms with Gasteiger partial charge in [-0.25, -0.2) is 0 Å². The molecule has 0 aliphatic rings. The van der Waals surface area contributed by atoms with Gasteiger partial charge in [0.15, 0.2) is 0 Å². The molecule has 0 saturated heterocycles. The Morgan fingerprint density at radius 2 is 2.14 bits per heavy atom. The molecule has 5 nitrogen and oxygen atoms in total. The molecule has 4 aromatic rings. The molecular formula is C15H12BN4OY-. The molecule has 22 heavy (non-hydrogen) atoms. The summed E-state index contributed by atoms with van der Waals surface area (Å²) >= 11 is 0. The summed E-state index contributed by atoms with van der Waals surface area (Å²) in [5.74, 6) is 4.32. The average Bonchev–Trinajstić information content (AvgIpc) is 2.99. The summed E-state index contributed by atoms with van der Waals surface area (Å²) in [4.78, 5) is 17.7. The van der Waals surface area contributed by atoms with Crippen molar-refractivity contribution in [3.8, 4) is 0 Å². The molecule has 3 aromatic heterocycles. The minimum atomic E-state index is -0.381. The van der Waals surface area contributed by atoms with Gasteiger partial charge in [0.25, 0.3) is 0 Å². The summed E-state index contributed by atoms with van der Waals surface area (Å²) in [7, 11) is 4.01. The fraction of sp³-hybridized carbons (Fsp3) is 0.0667. The van der Waals surface area contributed by atoms with Crippen LogP contribution in [0, 0.1) is 7.05 Å². The monoisotopic (exact) mass is 365 g/mol. The Hall–Kier alpha value is -1.65. The maximum absolute atomic E-state index is 12.3. The Balaban J connectivity index is 0.00000156. The second-order valence-electron chi connectivity index (χ2n) is 4.91. The Kier molecular flexibility index (Phi) is 3.72. The molecule has 0 fully saturated rings. The van der Waals surface area contributed by atoms with E-state index in [4.69, 9.17) is 1.41 Å². The van der Waals surface area contributed by atoms with Gasteiger partial charge in [0.05, 0.1) is 0 Å². The summed E-state index contributed by atoms with van der Waals surface area (Å²) in [6.07, 6.45) is 0. The van der Waals surface area contributed by atoms with Crippen LogP contribution in [-0.4, -0.2) is 26.0 Å². The van der Waals surface area contributed by atoms with Crippen molar-refractivity contribution < 1.29 is 34.1 Å². The van der Waals surface area contributed by atoms with Gasteiger partial charge < -0.3 is 0 Å². The number of nitrogens with zero attached hydrogens (tertiary/aromatic N) is 3. The van der Waals surface area contributed by atoms with Crippen LogP contribution in [0.4, 0.5) is 0 Å². The molecule has 0 saturated carbocycles. The first-order valence-corrected chi connectivity index (χ1v) is 6.63. The van der Waals surface area contributed by atoms with Gasteiger partial charge in [0.1, 0.15) is 0 Å². The molecule has 0 amide bonds. The number of H-pyrrole nitrogens is 1. The van der Waals surface area contributed by atoms with Crippen LogP contribution >= 0.6 is 0 Å². The van der Waals surface area contributed by atoms with Crippen molar-refractivity contribution in [3.05, 3.63) is 65.6 Å². The zero-order valence-electron chi connectivity index (χ0n) is 12.8. The number of rotatable bonds is 2. The minimum absolute atomic E-state index is 0. The second-order valence-corrected chi connectivity index (χ2v) is 4.91. The zero-order chi connectivity index (χ0) is 15.3. The Bertz CT molecular complexity index is 1070. The van der Waals surface area contributed by atoms with E-state index in [1.165, 1.54) is 0 Å². The summed E-state index contributed by atoms with van der Waals surface area (Å²) in [6.45, 7) is 2.13. The number of benzene rings is 1. The van der Waals surface area contributed by atoms with Crippen LogP contribution in [0.15, 0.2) is 47.0 Å². The van der Waals surface area contributed by atoms with Gasteiger partial charge in [-0.2, -0.15) is 0 Å². The molecule has 0 atom stereocenters. The van der Waals surface area contributed by atoms with Crippen LogP contribution in [0.25, 0.3) is 22.1 Å². The minimum Gasteiger partial charge on any atom is 0 e. The van der Waals surface area contributed by atoms with Gasteiger partial charge >= 0.3 is 122 Å². The van der Waals surface area contributed by atoms with Crippen LogP contribution < -0.4 is 5.69 Å². The van der Waals surface area contributed by atoms with E-state index in [9.17, 15) is 4.79 Å².